The summed E-state index contributed by atoms with van der Waals surface area (Å²) in [5, 5.41) is 0. The number of amides is 2. The highest BCUT2D eigenvalue weighted by atomic mass is 31.2. The Morgan fingerprint density at radius 3 is 1.59 bits per heavy atom. The van der Waals surface area contributed by atoms with Gasteiger partial charge in [0, 0.05) is 6.42 Å². The third-order valence-corrected chi connectivity index (χ3v) is 4.60. The zero-order chi connectivity index (χ0) is 23.2. The average molecular weight is 442 g/mol. The normalized spacial score (nSPS) is 24.4. The van der Waals surface area contributed by atoms with Crippen LogP contribution in [0.25, 0.3) is 0 Å². The van der Waals surface area contributed by atoms with Crippen molar-refractivity contribution in [2.24, 2.45) is 0 Å². The quantitative estimate of drug-likeness (QED) is 0.330. The molecule has 0 radical (unpaired) electrons. The molecule has 29 heavy (non-hydrogen) atoms. The average Bonchev–Trinajstić information content (AvgIpc) is 3.08. The van der Waals surface area contributed by atoms with Crippen molar-refractivity contribution in [1.82, 2.24) is 4.90 Å². The van der Waals surface area contributed by atoms with Gasteiger partial charge < -0.3 is 14.2 Å². The van der Waals surface area contributed by atoms with Crippen molar-refractivity contribution < 1.29 is 52.5 Å². The van der Waals surface area contributed by atoms with Gasteiger partial charge in [0.15, 0.2) is 0 Å². The summed E-state index contributed by atoms with van der Waals surface area (Å²) in [5.74, 6) is -1.56. The number of hydrogen-bond donors (Lipinski definition) is 3. The monoisotopic (exact) mass is 442 g/mol. The van der Waals surface area contributed by atoms with E-state index in [-0.39, 0.29) is 4.90 Å². The van der Waals surface area contributed by atoms with Crippen LogP contribution < -0.4 is 0 Å². The van der Waals surface area contributed by atoms with E-state index in [1.54, 1.807) is 0 Å². The fourth-order valence-corrected chi connectivity index (χ4v) is 3.29. The Hall–Kier alpha value is -1.88. The molecule has 1 saturated carbocycles. The van der Waals surface area contributed by atoms with Gasteiger partial charge in [-0.1, -0.05) is 0 Å². The first kappa shape index (κ1) is 25.2. The van der Waals surface area contributed by atoms with Crippen LogP contribution in [0.2, 0.25) is 0 Å². The molecule has 2 atom stereocenters. The second-order valence-corrected chi connectivity index (χ2v) is 10.0. The van der Waals surface area contributed by atoms with Crippen molar-refractivity contribution in [2.75, 3.05) is 7.11 Å². The number of imide groups is 1. The molecule has 0 aliphatic heterocycles. The van der Waals surface area contributed by atoms with E-state index in [9.17, 15) is 33.9 Å². The molecule has 0 heterocycles. The first-order chi connectivity index (χ1) is 12.7. The second kappa shape index (κ2) is 7.42. The summed E-state index contributed by atoms with van der Waals surface area (Å²) in [6.07, 6.45) is -4.27. The molecule has 1 fully saturated rings. The number of alkyl halides is 1. The molecule has 0 spiro atoms. The van der Waals surface area contributed by atoms with Gasteiger partial charge in [-0.2, -0.15) is 19.6 Å². The highest BCUT2D eigenvalue weighted by molar-refractivity contribution is 7.76. The molecule has 166 valence electrons. The predicted octanol–water partition coefficient (Wildman–Crippen LogP) is 1.45. The topological polar surface area (TPSA) is 160 Å². The number of ether oxygens (including phenoxy) is 3. The zero-order valence-corrected chi connectivity index (χ0v) is 18.1. The second-order valence-electron chi connectivity index (χ2n) is 8.50. The Kier molecular flexibility index (Phi) is 6.44. The summed E-state index contributed by atoms with van der Waals surface area (Å²) in [6.45, 7) is 8.56. The van der Waals surface area contributed by atoms with E-state index < -0.39 is 60.5 Å². The van der Waals surface area contributed by atoms with Gasteiger partial charge in [0.2, 0.25) is 5.54 Å². The van der Waals surface area contributed by atoms with E-state index in [0.717, 1.165) is 7.11 Å². The summed E-state index contributed by atoms with van der Waals surface area (Å²) < 4.78 is 30.0. The van der Waals surface area contributed by atoms with Gasteiger partial charge in [0.05, 0.1) is 7.11 Å². The highest BCUT2D eigenvalue weighted by Crippen LogP contribution is 2.65. The Morgan fingerprint density at radius 2 is 1.31 bits per heavy atom. The largest absolute Gasteiger partial charge is 0.482 e. The van der Waals surface area contributed by atoms with Crippen LogP contribution in [0.15, 0.2) is 0 Å². The lowest BCUT2D eigenvalue weighted by Crippen LogP contribution is -2.58. The Morgan fingerprint density at radius 1 is 0.931 bits per heavy atom. The van der Waals surface area contributed by atoms with Crippen molar-refractivity contribution in [1.29, 1.82) is 0 Å². The van der Waals surface area contributed by atoms with Crippen LogP contribution in [0, 0.1) is 0 Å². The van der Waals surface area contributed by atoms with E-state index in [0.29, 0.717) is 0 Å². The van der Waals surface area contributed by atoms with Crippen molar-refractivity contribution in [3.05, 3.63) is 0 Å². The Balaban J connectivity index is 3.60. The van der Waals surface area contributed by atoms with Gasteiger partial charge in [0.1, 0.15) is 11.2 Å². The lowest BCUT2D eigenvalue weighted by atomic mass is 10.1. The molecule has 1 aliphatic rings. The number of carbonyl (C=O) groups excluding carboxylic acids is 4. The first-order valence-electron chi connectivity index (χ1n) is 8.39. The molecule has 13 heteroatoms. The molecule has 0 unspecified atom stereocenters. The molecule has 0 saturated heterocycles. The lowest BCUT2D eigenvalue weighted by molar-refractivity contribution is -0.152. The van der Waals surface area contributed by atoms with E-state index >= 15 is 4.39 Å². The summed E-state index contributed by atoms with van der Waals surface area (Å²) >= 11 is 0. The number of methoxy groups -OCH3 is 1. The van der Waals surface area contributed by atoms with Gasteiger partial charge in [-0.15, -0.1) is 0 Å². The third-order valence-electron chi connectivity index (χ3n) is 3.70. The van der Waals surface area contributed by atoms with E-state index in [1.165, 1.54) is 41.5 Å². The minimum Gasteiger partial charge on any atom is -0.467 e. The molecule has 11 nitrogen and oxygen atoms in total. The molecular formula is C16H26FNO10P+. The van der Waals surface area contributed by atoms with Gasteiger partial charge in [-0.05, 0) is 41.5 Å². The molecule has 0 aromatic heterocycles. The Bertz CT molecular complexity index is 695. The number of esters is 1. The number of carbonyl (C=O) groups is 4. The lowest BCUT2D eigenvalue weighted by Gasteiger charge is -2.33. The summed E-state index contributed by atoms with van der Waals surface area (Å²) in [5.41, 5.74) is -11.0. The van der Waals surface area contributed by atoms with Crippen molar-refractivity contribution in [3.8, 4) is 0 Å². The van der Waals surface area contributed by atoms with Gasteiger partial charge in [-0.3, -0.25) is 0 Å². The zero-order valence-electron chi connectivity index (χ0n) is 17.2. The van der Waals surface area contributed by atoms with Crippen LogP contribution in [-0.4, -0.2) is 72.8 Å². The van der Waals surface area contributed by atoms with Crippen LogP contribution >= 0.6 is 7.94 Å². The van der Waals surface area contributed by atoms with Crippen molar-refractivity contribution in [2.45, 2.75) is 70.4 Å². The maximum absolute atomic E-state index is 15.4. The molecular weight excluding hydrogens is 416 g/mol. The predicted molar refractivity (Wildman–Crippen MR) is 96.1 cm³/mol. The molecule has 0 aromatic carbocycles. The maximum Gasteiger partial charge on any atom is 0.482 e. The van der Waals surface area contributed by atoms with E-state index in [1.807, 2.05) is 0 Å². The first-order valence-corrected chi connectivity index (χ1v) is 10.0. The van der Waals surface area contributed by atoms with Crippen LogP contribution in [0.5, 0.6) is 0 Å². The van der Waals surface area contributed by atoms with Crippen molar-refractivity contribution in [3.63, 3.8) is 0 Å². The van der Waals surface area contributed by atoms with Gasteiger partial charge in [0.25, 0.3) is 5.67 Å². The number of rotatable bonds is 4. The van der Waals surface area contributed by atoms with Crippen LogP contribution in [0.3, 0.4) is 0 Å². The molecule has 1 rings (SSSR count). The minimum atomic E-state index is -5.43. The minimum absolute atomic E-state index is 0.0666. The number of halogens is 1. The summed E-state index contributed by atoms with van der Waals surface area (Å²) in [6, 6.07) is 0. The maximum atomic E-state index is 15.4. The highest BCUT2D eigenvalue weighted by Gasteiger charge is 2.89. The van der Waals surface area contributed by atoms with Gasteiger partial charge >= 0.3 is 31.6 Å². The molecule has 3 N–H and O–H groups in total. The number of hydrogen-bond acceptors (Lipinski definition) is 10. The Labute approximate surface area is 167 Å². The molecule has 2 amide bonds. The summed E-state index contributed by atoms with van der Waals surface area (Å²) in [7, 11) is -4.63. The van der Waals surface area contributed by atoms with Crippen molar-refractivity contribution >= 4 is 31.6 Å². The third kappa shape index (κ3) is 5.00. The fraction of sp³-hybridized carbons (Fsp3) is 0.750. The van der Waals surface area contributed by atoms with Crippen LogP contribution in [0.4, 0.5) is 14.0 Å². The molecule has 0 aromatic rings. The number of nitrogens with zero attached hydrogens (tertiary/aromatic N) is 1. The summed E-state index contributed by atoms with van der Waals surface area (Å²) in [4.78, 5) is 77.5. The SMILES string of the molecule is COC(=O)[C@@]1(N(C(=O)OC(C)(C)C)C(=O)OC(C)(C)C)C[C@@]1(F)C(=O)[P+](O)(O)O. The van der Waals surface area contributed by atoms with E-state index in [2.05, 4.69) is 4.74 Å². The molecule has 1 aliphatic carbocycles. The van der Waals surface area contributed by atoms with Gasteiger partial charge in [-0.25, -0.2) is 23.6 Å². The van der Waals surface area contributed by atoms with Crippen LogP contribution in [0.1, 0.15) is 48.0 Å². The fourth-order valence-electron chi connectivity index (χ4n) is 2.55. The van der Waals surface area contributed by atoms with Crippen LogP contribution in [-0.2, 0) is 23.8 Å². The molecule has 0 bridgehead atoms. The van der Waals surface area contributed by atoms with E-state index in [4.69, 9.17) is 9.47 Å². The smallest absolute Gasteiger partial charge is 0.467 e. The standard InChI is InChI=1S/C16H26FNO10P/c1-13(2,3)27-11(21)18(12(22)28-14(4,5)6)16(9(19)26-7)8-15(16,17)10(20)29(23,24)25/h23-25H,8H2,1-7H3/q+1/t15-,16+/m1/s1.